The third kappa shape index (κ3) is 4.57. The lowest BCUT2D eigenvalue weighted by molar-refractivity contribution is -0.142. The third-order valence-electron chi connectivity index (χ3n) is 5.11. The van der Waals surface area contributed by atoms with Gasteiger partial charge in [-0.05, 0) is 63.1 Å². The van der Waals surface area contributed by atoms with E-state index in [4.69, 9.17) is 0 Å². The molecule has 0 spiro atoms. The number of nitrogens with zero attached hydrogens (tertiary/aromatic N) is 1. The van der Waals surface area contributed by atoms with Gasteiger partial charge in [0, 0.05) is 17.4 Å². The summed E-state index contributed by atoms with van der Waals surface area (Å²) in [6, 6.07) is 8.27. The molecule has 1 heterocycles. The van der Waals surface area contributed by atoms with E-state index in [9.17, 15) is 9.90 Å². The number of aliphatic hydroxyl groups is 1. The van der Waals surface area contributed by atoms with Gasteiger partial charge in [0.25, 0.3) is 0 Å². The van der Waals surface area contributed by atoms with Gasteiger partial charge >= 0.3 is 0 Å². The Morgan fingerprint density at radius 3 is 2.43 bits per heavy atom. The Labute approximate surface area is 148 Å². The number of carbonyl (C=O) groups excluding carboxylic acids is 1. The van der Waals surface area contributed by atoms with Gasteiger partial charge in [-0.1, -0.05) is 35.0 Å². The van der Waals surface area contributed by atoms with E-state index >= 15 is 0 Å². The number of hydrogen-bond acceptors (Lipinski definition) is 2. The molecule has 0 bridgehead atoms. The van der Waals surface area contributed by atoms with E-state index in [2.05, 4.69) is 41.9 Å². The number of rotatable bonds is 5. The molecule has 1 amide bonds. The van der Waals surface area contributed by atoms with Crippen LogP contribution in [0.25, 0.3) is 0 Å². The van der Waals surface area contributed by atoms with Crippen LogP contribution in [0.4, 0.5) is 0 Å². The van der Waals surface area contributed by atoms with Crippen molar-refractivity contribution in [2.45, 2.75) is 65.0 Å². The molecule has 1 aromatic rings. The van der Waals surface area contributed by atoms with E-state index < -0.39 is 5.60 Å². The Morgan fingerprint density at radius 2 is 1.96 bits per heavy atom. The van der Waals surface area contributed by atoms with E-state index in [1.54, 1.807) is 0 Å². The summed E-state index contributed by atoms with van der Waals surface area (Å²) in [7, 11) is 0. The summed E-state index contributed by atoms with van der Waals surface area (Å²) in [4.78, 5) is 14.8. The molecule has 1 aromatic carbocycles. The van der Waals surface area contributed by atoms with Crippen molar-refractivity contribution < 1.29 is 9.90 Å². The summed E-state index contributed by atoms with van der Waals surface area (Å²) in [5.74, 6) is 0.206. The standard InChI is InChI=1S/C19H28BrNO2/c1-5-19(13-18(3,4)23)10-11-21(17(22)12-19)14(2)15-6-8-16(20)9-7-15/h6-9,14,23H,5,10-13H2,1-4H3. The fourth-order valence-corrected chi connectivity index (χ4v) is 4.08. The molecule has 3 nitrogen and oxygen atoms in total. The number of carbonyl (C=O) groups is 1. The highest BCUT2D eigenvalue weighted by atomic mass is 79.9. The van der Waals surface area contributed by atoms with Crippen LogP contribution in [0.1, 0.15) is 65.0 Å². The maximum Gasteiger partial charge on any atom is 0.223 e. The second kappa shape index (κ2) is 6.94. The molecule has 4 heteroatoms. The Bertz CT molecular complexity index is 549. The molecule has 1 fully saturated rings. The first-order valence-corrected chi connectivity index (χ1v) is 9.22. The van der Waals surface area contributed by atoms with Crippen LogP contribution in [-0.2, 0) is 4.79 Å². The number of piperidine rings is 1. The summed E-state index contributed by atoms with van der Waals surface area (Å²) in [6.07, 6.45) is 3.11. The van der Waals surface area contributed by atoms with Gasteiger partial charge in [0.05, 0.1) is 11.6 Å². The van der Waals surface area contributed by atoms with Crippen molar-refractivity contribution in [3.05, 3.63) is 34.3 Å². The zero-order valence-electron chi connectivity index (χ0n) is 14.6. The van der Waals surface area contributed by atoms with Crippen LogP contribution in [0, 0.1) is 5.41 Å². The maximum atomic E-state index is 12.8. The van der Waals surface area contributed by atoms with Crippen LogP contribution in [-0.4, -0.2) is 28.1 Å². The molecule has 2 rings (SSSR count). The second-order valence-electron chi connectivity index (χ2n) is 7.58. The Kier molecular flexibility index (Phi) is 5.57. The maximum absolute atomic E-state index is 12.8. The van der Waals surface area contributed by atoms with Gasteiger partial charge in [-0.2, -0.15) is 0 Å². The van der Waals surface area contributed by atoms with Crippen molar-refractivity contribution >= 4 is 21.8 Å². The zero-order valence-corrected chi connectivity index (χ0v) is 16.2. The molecule has 1 N–H and O–H groups in total. The molecule has 23 heavy (non-hydrogen) atoms. The second-order valence-corrected chi connectivity index (χ2v) is 8.50. The largest absolute Gasteiger partial charge is 0.390 e. The summed E-state index contributed by atoms with van der Waals surface area (Å²) in [5.41, 5.74) is 0.370. The third-order valence-corrected chi connectivity index (χ3v) is 5.64. The van der Waals surface area contributed by atoms with E-state index in [0.29, 0.717) is 12.8 Å². The highest BCUT2D eigenvalue weighted by molar-refractivity contribution is 9.10. The number of amides is 1. The highest BCUT2D eigenvalue weighted by Gasteiger charge is 2.41. The molecule has 1 aliphatic heterocycles. The minimum atomic E-state index is -0.726. The van der Waals surface area contributed by atoms with Crippen molar-refractivity contribution in [2.75, 3.05) is 6.54 Å². The molecule has 128 valence electrons. The van der Waals surface area contributed by atoms with Gasteiger partial charge in [-0.25, -0.2) is 0 Å². The van der Waals surface area contributed by atoms with E-state index in [-0.39, 0.29) is 17.4 Å². The molecule has 1 saturated heterocycles. The summed E-state index contributed by atoms with van der Waals surface area (Å²) in [5, 5.41) is 10.2. The number of hydrogen-bond donors (Lipinski definition) is 1. The topological polar surface area (TPSA) is 40.5 Å². The van der Waals surface area contributed by atoms with Crippen LogP contribution in [0.2, 0.25) is 0 Å². The van der Waals surface area contributed by atoms with Crippen molar-refractivity contribution in [2.24, 2.45) is 5.41 Å². The quantitative estimate of drug-likeness (QED) is 0.803. The van der Waals surface area contributed by atoms with Crippen molar-refractivity contribution in [3.8, 4) is 0 Å². The molecular weight excluding hydrogens is 354 g/mol. The lowest BCUT2D eigenvalue weighted by atomic mass is 9.69. The first kappa shape index (κ1) is 18.5. The molecule has 0 aromatic heterocycles. The van der Waals surface area contributed by atoms with Crippen LogP contribution in [0.15, 0.2) is 28.7 Å². The minimum Gasteiger partial charge on any atom is -0.390 e. The van der Waals surface area contributed by atoms with Crippen LogP contribution in [0.5, 0.6) is 0 Å². The van der Waals surface area contributed by atoms with Gasteiger partial charge in [-0.15, -0.1) is 0 Å². The van der Waals surface area contributed by atoms with Gasteiger partial charge in [0.1, 0.15) is 0 Å². The lowest BCUT2D eigenvalue weighted by Gasteiger charge is -2.45. The summed E-state index contributed by atoms with van der Waals surface area (Å²) >= 11 is 3.45. The SMILES string of the molecule is CCC1(CC(C)(C)O)CCN(C(C)c2ccc(Br)cc2)C(=O)C1. The predicted octanol–water partition coefficient (Wildman–Crippen LogP) is 4.69. The van der Waals surface area contributed by atoms with Gasteiger partial charge in [-0.3, -0.25) is 4.79 Å². The van der Waals surface area contributed by atoms with E-state index in [1.165, 1.54) is 0 Å². The smallest absolute Gasteiger partial charge is 0.223 e. The lowest BCUT2D eigenvalue weighted by Crippen LogP contribution is -2.47. The highest BCUT2D eigenvalue weighted by Crippen LogP contribution is 2.43. The van der Waals surface area contributed by atoms with E-state index in [0.717, 1.165) is 29.4 Å². The van der Waals surface area contributed by atoms with Gasteiger partial charge in [0.2, 0.25) is 5.91 Å². The average Bonchev–Trinajstić information content (AvgIpc) is 2.46. The molecule has 1 aliphatic rings. The molecule has 2 unspecified atom stereocenters. The molecule has 0 radical (unpaired) electrons. The predicted molar refractivity (Wildman–Crippen MR) is 97.1 cm³/mol. The van der Waals surface area contributed by atoms with Gasteiger partial charge < -0.3 is 10.0 Å². The summed E-state index contributed by atoms with van der Waals surface area (Å²) < 4.78 is 1.05. The Balaban J connectivity index is 2.11. The van der Waals surface area contributed by atoms with Crippen LogP contribution < -0.4 is 0 Å². The average molecular weight is 382 g/mol. The van der Waals surface area contributed by atoms with Gasteiger partial charge in [0.15, 0.2) is 0 Å². The normalized spacial score (nSPS) is 23.9. The molecule has 0 aliphatic carbocycles. The van der Waals surface area contributed by atoms with Crippen LogP contribution >= 0.6 is 15.9 Å². The molecular formula is C19H28BrNO2. The van der Waals surface area contributed by atoms with Crippen LogP contribution in [0.3, 0.4) is 0 Å². The summed E-state index contributed by atoms with van der Waals surface area (Å²) in [6.45, 7) is 8.67. The number of likely N-dealkylation sites (tertiary alicyclic amines) is 1. The first-order chi connectivity index (χ1) is 10.7. The minimum absolute atomic E-state index is 0.0642. The fourth-order valence-electron chi connectivity index (χ4n) is 3.82. The monoisotopic (exact) mass is 381 g/mol. The van der Waals surface area contributed by atoms with Crippen molar-refractivity contribution in [3.63, 3.8) is 0 Å². The number of halogens is 1. The van der Waals surface area contributed by atoms with Crippen molar-refractivity contribution in [1.82, 2.24) is 4.90 Å². The zero-order chi connectivity index (χ0) is 17.3. The fraction of sp³-hybridized carbons (Fsp3) is 0.632. The van der Waals surface area contributed by atoms with E-state index in [1.807, 2.05) is 30.9 Å². The Morgan fingerprint density at radius 1 is 1.35 bits per heavy atom. The number of benzene rings is 1. The molecule has 0 saturated carbocycles. The van der Waals surface area contributed by atoms with Crippen molar-refractivity contribution in [1.29, 1.82) is 0 Å². The molecule has 2 atom stereocenters. The first-order valence-electron chi connectivity index (χ1n) is 8.43. The Hall–Kier alpha value is -0.870.